The molecule has 0 aliphatic carbocycles. The van der Waals surface area contributed by atoms with Gasteiger partial charge in [-0.25, -0.2) is 0 Å². The Hall–Kier alpha value is -0.0600. The van der Waals surface area contributed by atoms with Crippen LogP contribution in [0, 0.1) is 0 Å². The molecule has 1 aromatic rings. The summed E-state index contributed by atoms with van der Waals surface area (Å²) >= 11 is 10.3. The van der Waals surface area contributed by atoms with Gasteiger partial charge < -0.3 is 5.32 Å². The summed E-state index contributed by atoms with van der Waals surface area (Å²) in [7, 11) is 0. The second-order valence-electron chi connectivity index (χ2n) is 2.75. The SMILES string of the molecule is O=C(NCCCCCl)c1sccc1Br. The van der Waals surface area contributed by atoms with Crippen LogP contribution in [0.1, 0.15) is 22.5 Å². The van der Waals surface area contributed by atoms with Crippen LogP contribution in [0.4, 0.5) is 0 Å². The Kier molecular flexibility index (Phi) is 5.52. The van der Waals surface area contributed by atoms with E-state index in [0.29, 0.717) is 12.4 Å². The molecule has 0 unspecified atom stereocenters. The molecule has 1 rings (SSSR count). The van der Waals surface area contributed by atoms with Crippen molar-refractivity contribution in [1.29, 1.82) is 0 Å². The highest BCUT2D eigenvalue weighted by atomic mass is 79.9. The fourth-order valence-corrected chi connectivity index (χ4v) is 2.61. The molecule has 0 bridgehead atoms. The van der Waals surface area contributed by atoms with Gasteiger partial charge in [-0.05, 0) is 40.2 Å². The van der Waals surface area contributed by atoms with Crippen molar-refractivity contribution in [2.24, 2.45) is 0 Å². The lowest BCUT2D eigenvalue weighted by Crippen LogP contribution is -2.23. The number of unbranched alkanes of at least 4 members (excludes halogenated alkanes) is 1. The third kappa shape index (κ3) is 3.59. The summed E-state index contributed by atoms with van der Waals surface area (Å²) in [5, 5.41) is 4.73. The molecule has 0 spiro atoms. The fourth-order valence-electron chi connectivity index (χ4n) is 0.957. The number of halogens is 2. The third-order valence-corrected chi connectivity index (χ3v) is 3.77. The van der Waals surface area contributed by atoms with Gasteiger partial charge in [-0.3, -0.25) is 4.79 Å². The Labute approximate surface area is 101 Å². The molecule has 14 heavy (non-hydrogen) atoms. The van der Waals surface area contributed by atoms with Gasteiger partial charge in [-0.2, -0.15) is 0 Å². The summed E-state index contributed by atoms with van der Waals surface area (Å²) in [6.07, 6.45) is 1.87. The number of hydrogen-bond acceptors (Lipinski definition) is 2. The van der Waals surface area contributed by atoms with Crippen molar-refractivity contribution in [3.63, 3.8) is 0 Å². The zero-order valence-corrected chi connectivity index (χ0v) is 10.7. The standard InChI is InChI=1S/C9H11BrClNOS/c10-7-3-6-14-8(7)9(13)12-5-2-1-4-11/h3,6H,1-2,4-5H2,(H,12,13). The van der Waals surface area contributed by atoms with Gasteiger partial charge >= 0.3 is 0 Å². The van der Waals surface area contributed by atoms with E-state index in [1.807, 2.05) is 11.4 Å². The number of amides is 1. The number of carbonyl (C=O) groups excluding carboxylic acids is 1. The van der Waals surface area contributed by atoms with Crippen LogP contribution in [0.15, 0.2) is 15.9 Å². The molecule has 1 amide bonds. The highest BCUT2D eigenvalue weighted by molar-refractivity contribution is 9.10. The van der Waals surface area contributed by atoms with Crippen LogP contribution in [-0.4, -0.2) is 18.3 Å². The lowest BCUT2D eigenvalue weighted by atomic mass is 10.3. The summed E-state index contributed by atoms with van der Waals surface area (Å²) in [6, 6.07) is 1.87. The van der Waals surface area contributed by atoms with Gasteiger partial charge in [-0.15, -0.1) is 22.9 Å². The normalized spacial score (nSPS) is 10.1. The summed E-state index contributed by atoms with van der Waals surface area (Å²) in [5.41, 5.74) is 0. The zero-order chi connectivity index (χ0) is 10.4. The maximum Gasteiger partial charge on any atom is 0.262 e. The van der Waals surface area contributed by atoms with E-state index in [1.54, 1.807) is 0 Å². The topological polar surface area (TPSA) is 29.1 Å². The largest absolute Gasteiger partial charge is 0.351 e. The first-order valence-electron chi connectivity index (χ1n) is 4.33. The number of alkyl halides is 1. The number of carbonyl (C=O) groups is 1. The second kappa shape index (κ2) is 6.43. The Bertz CT molecular complexity index is 303. The summed E-state index contributed by atoms with van der Waals surface area (Å²) in [4.78, 5) is 12.3. The Morgan fingerprint density at radius 3 is 2.93 bits per heavy atom. The monoisotopic (exact) mass is 295 g/mol. The quantitative estimate of drug-likeness (QED) is 0.656. The Morgan fingerprint density at radius 1 is 1.57 bits per heavy atom. The van der Waals surface area contributed by atoms with Crippen LogP contribution in [0.3, 0.4) is 0 Å². The van der Waals surface area contributed by atoms with Crippen molar-refractivity contribution in [1.82, 2.24) is 5.32 Å². The van der Waals surface area contributed by atoms with Crippen molar-refractivity contribution in [2.75, 3.05) is 12.4 Å². The molecular weight excluding hydrogens is 286 g/mol. The van der Waals surface area contributed by atoms with Crippen molar-refractivity contribution < 1.29 is 4.79 Å². The predicted octanol–water partition coefficient (Wildman–Crippen LogP) is 3.26. The van der Waals surface area contributed by atoms with Crippen molar-refractivity contribution in [2.45, 2.75) is 12.8 Å². The minimum atomic E-state index is -0.0125. The molecule has 0 radical (unpaired) electrons. The lowest BCUT2D eigenvalue weighted by Gasteiger charge is -2.02. The minimum absolute atomic E-state index is 0.0125. The molecule has 1 heterocycles. The number of nitrogens with one attached hydrogen (secondary N) is 1. The molecule has 0 saturated carbocycles. The maximum atomic E-state index is 11.5. The van der Waals surface area contributed by atoms with Crippen LogP contribution in [0.5, 0.6) is 0 Å². The Morgan fingerprint density at radius 2 is 2.36 bits per heavy atom. The zero-order valence-electron chi connectivity index (χ0n) is 7.56. The number of rotatable bonds is 5. The van der Waals surface area contributed by atoms with Crippen LogP contribution in [0.25, 0.3) is 0 Å². The molecule has 1 N–H and O–H groups in total. The predicted molar refractivity (Wildman–Crippen MR) is 64.3 cm³/mol. The van der Waals surface area contributed by atoms with Gasteiger partial charge in [0.2, 0.25) is 0 Å². The van der Waals surface area contributed by atoms with E-state index in [2.05, 4.69) is 21.2 Å². The van der Waals surface area contributed by atoms with Gasteiger partial charge in [0, 0.05) is 16.9 Å². The highest BCUT2D eigenvalue weighted by Crippen LogP contribution is 2.22. The number of thiophene rings is 1. The molecule has 0 saturated heterocycles. The Balaban J connectivity index is 2.32. The first-order valence-corrected chi connectivity index (χ1v) is 6.53. The van der Waals surface area contributed by atoms with Crippen molar-refractivity contribution in [3.05, 3.63) is 20.8 Å². The molecule has 0 aliphatic rings. The lowest BCUT2D eigenvalue weighted by molar-refractivity contribution is 0.0956. The summed E-state index contributed by atoms with van der Waals surface area (Å²) in [6.45, 7) is 0.690. The van der Waals surface area contributed by atoms with Gasteiger partial charge in [-0.1, -0.05) is 0 Å². The smallest absolute Gasteiger partial charge is 0.262 e. The van der Waals surface area contributed by atoms with Gasteiger partial charge in [0.25, 0.3) is 5.91 Å². The van der Waals surface area contributed by atoms with E-state index in [9.17, 15) is 4.79 Å². The van der Waals surface area contributed by atoms with Gasteiger partial charge in [0.15, 0.2) is 0 Å². The van der Waals surface area contributed by atoms with E-state index >= 15 is 0 Å². The van der Waals surface area contributed by atoms with Gasteiger partial charge in [0.05, 0.1) is 0 Å². The minimum Gasteiger partial charge on any atom is -0.351 e. The summed E-state index contributed by atoms with van der Waals surface area (Å²) in [5.74, 6) is 0.639. The van der Waals surface area contributed by atoms with Crippen LogP contribution in [0.2, 0.25) is 0 Å². The molecule has 0 fully saturated rings. The maximum absolute atomic E-state index is 11.5. The fraction of sp³-hybridized carbons (Fsp3) is 0.444. The van der Waals surface area contributed by atoms with E-state index < -0.39 is 0 Å². The van der Waals surface area contributed by atoms with E-state index in [4.69, 9.17) is 11.6 Å². The molecule has 0 aromatic carbocycles. The molecular formula is C9H11BrClNOS. The molecule has 5 heteroatoms. The average molecular weight is 297 g/mol. The van der Waals surface area contributed by atoms with Crippen LogP contribution >= 0.6 is 38.9 Å². The van der Waals surface area contributed by atoms with E-state index in [1.165, 1.54) is 11.3 Å². The molecule has 1 aromatic heterocycles. The van der Waals surface area contributed by atoms with Crippen LogP contribution < -0.4 is 5.32 Å². The third-order valence-electron chi connectivity index (χ3n) is 1.67. The molecule has 78 valence electrons. The van der Waals surface area contributed by atoms with E-state index in [-0.39, 0.29) is 5.91 Å². The summed E-state index contributed by atoms with van der Waals surface area (Å²) < 4.78 is 0.859. The first-order chi connectivity index (χ1) is 6.75. The first kappa shape index (κ1) is 12.0. The van der Waals surface area contributed by atoms with Crippen molar-refractivity contribution in [3.8, 4) is 0 Å². The molecule has 0 atom stereocenters. The highest BCUT2D eigenvalue weighted by Gasteiger charge is 2.09. The molecule has 0 aliphatic heterocycles. The molecule has 2 nitrogen and oxygen atoms in total. The van der Waals surface area contributed by atoms with Crippen molar-refractivity contribution >= 4 is 44.8 Å². The number of hydrogen-bond donors (Lipinski definition) is 1. The van der Waals surface area contributed by atoms with E-state index in [0.717, 1.165) is 22.2 Å². The second-order valence-corrected chi connectivity index (χ2v) is 4.90. The average Bonchev–Trinajstić information content (AvgIpc) is 2.59. The van der Waals surface area contributed by atoms with Crippen LogP contribution in [-0.2, 0) is 0 Å². The van der Waals surface area contributed by atoms with Gasteiger partial charge in [0.1, 0.15) is 4.88 Å².